The fraction of sp³-hybridized carbons (Fsp3) is 0.615. The predicted octanol–water partition coefficient (Wildman–Crippen LogP) is 3.28. The Balaban J connectivity index is 2.23. The molecular formula is C13H17BrO3. The number of halogens is 1. The summed E-state index contributed by atoms with van der Waals surface area (Å²) in [6.07, 6.45) is 1.96. The van der Waals surface area contributed by atoms with Crippen LogP contribution < -0.4 is 0 Å². The van der Waals surface area contributed by atoms with Crippen molar-refractivity contribution in [3.63, 3.8) is 0 Å². The van der Waals surface area contributed by atoms with Gasteiger partial charge in [0.15, 0.2) is 0 Å². The molecule has 2 rings (SSSR count). The molecular weight excluding hydrogens is 284 g/mol. The number of ether oxygens (including phenoxy) is 1. The summed E-state index contributed by atoms with van der Waals surface area (Å²) in [5, 5.41) is 0. The normalized spacial score (nSPS) is 29.9. The van der Waals surface area contributed by atoms with E-state index in [0.717, 1.165) is 5.76 Å². The first-order chi connectivity index (χ1) is 7.88. The van der Waals surface area contributed by atoms with Gasteiger partial charge in [0.1, 0.15) is 11.5 Å². The van der Waals surface area contributed by atoms with Crippen LogP contribution in [0.25, 0.3) is 0 Å². The average molecular weight is 301 g/mol. The number of furan rings is 1. The van der Waals surface area contributed by atoms with Gasteiger partial charge >= 0.3 is 0 Å². The van der Waals surface area contributed by atoms with Crippen LogP contribution in [-0.2, 0) is 9.53 Å². The van der Waals surface area contributed by atoms with E-state index in [0.29, 0.717) is 6.42 Å². The van der Waals surface area contributed by atoms with Gasteiger partial charge in [-0.25, -0.2) is 0 Å². The Morgan fingerprint density at radius 3 is 2.71 bits per heavy atom. The Bertz CT molecular complexity index is 391. The third-order valence-corrected chi connectivity index (χ3v) is 3.88. The lowest BCUT2D eigenvalue weighted by Crippen LogP contribution is -2.30. The fourth-order valence-electron chi connectivity index (χ4n) is 2.20. The summed E-state index contributed by atoms with van der Waals surface area (Å²) in [5.74, 6) is 0.962. The molecule has 0 radical (unpaired) electrons. The molecule has 1 unspecified atom stereocenters. The van der Waals surface area contributed by atoms with E-state index in [9.17, 15) is 4.79 Å². The van der Waals surface area contributed by atoms with E-state index < -0.39 is 0 Å². The lowest BCUT2D eigenvalue weighted by Gasteiger charge is -2.28. The van der Waals surface area contributed by atoms with E-state index >= 15 is 0 Å². The molecule has 1 heterocycles. The van der Waals surface area contributed by atoms with Gasteiger partial charge in [-0.2, -0.15) is 0 Å². The molecule has 1 saturated carbocycles. The molecule has 3 atom stereocenters. The van der Waals surface area contributed by atoms with E-state index in [2.05, 4.69) is 15.9 Å². The fourth-order valence-corrected chi connectivity index (χ4v) is 2.99. The Labute approximate surface area is 110 Å². The van der Waals surface area contributed by atoms with Gasteiger partial charge in [0.25, 0.3) is 0 Å². The minimum Gasteiger partial charge on any atom is -0.469 e. The number of rotatable bonds is 2. The van der Waals surface area contributed by atoms with Crippen molar-refractivity contribution in [2.75, 3.05) is 0 Å². The maximum atomic E-state index is 11.8. The molecule has 4 heteroatoms. The zero-order valence-electron chi connectivity index (χ0n) is 10.3. The molecule has 0 aromatic carbocycles. The first-order valence-electron chi connectivity index (χ1n) is 5.76. The van der Waals surface area contributed by atoms with Crippen LogP contribution in [-0.4, -0.2) is 22.3 Å². The van der Waals surface area contributed by atoms with E-state index in [1.54, 1.807) is 6.26 Å². The molecule has 0 bridgehead atoms. The van der Waals surface area contributed by atoms with Crippen molar-refractivity contribution in [2.45, 2.75) is 49.6 Å². The molecule has 3 nitrogen and oxygen atoms in total. The van der Waals surface area contributed by atoms with Crippen molar-refractivity contribution in [1.82, 2.24) is 0 Å². The quantitative estimate of drug-likeness (QED) is 0.787. The number of hydrogen-bond donors (Lipinski definition) is 0. The van der Waals surface area contributed by atoms with Crippen LogP contribution in [0.5, 0.6) is 0 Å². The van der Waals surface area contributed by atoms with Gasteiger partial charge in [0.05, 0.1) is 28.7 Å². The molecule has 0 N–H and O–H groups in total. The zero-order valence-corrected chi connectivity index (χ0v) is 11.9. The third-order valence-electron chi connectivity index (χ3n) is 2.80. The average Bonchev–Trinajstić information content (AvgIpc) is 2.75. The molecule has 1 aromatic rings. The standard InChI is InChI=1S/C13H17BrO3/c1-13(2,3)17-10-7-8(15)12(14)11(10)9-5-4-6-16-9/h4-6,10-12H,7H2,1-3H3/t10-,11+,12?/m0/s1. The molecule has 17 heavy (non-hydrogen) atoms. The minimum absolute atomic E-state index is 0.0308. The summed E-state index contributed by atoms with van der Waals surface area (Å²) in [5.41, 5.74) is -0.257. The predicted molar refractivity (Wildman–Crippen MR) is 68.4 cm³/mol. The van der Waals surface area contributed by atoms with Crippen LogP contribution in [0.1, 0.15) is 38.9 Å². The second-order valence-corrected chi connectivity index (χ2v) is 6.37. The summed E-state index contributed by atoms with van der Waals surface area (Å²) in [6, 6.07) is 3.74. The molecule has 94 valence electrons. The second-order valence-electron chi connectivity index (χ2n) is 5.38. The Kier molecular flexibility index (Phi) is 3.46. The van der Waals surface area contributed by atoms with Gasteiger partial charge in [0.2, 0.25) is 0 Å². The summed E-state index contributed by atoms with van der Waals surface area (Å²) in [6.45, 7) is 5.99. The number of ketones is 1. The highest BCUT2D eigenvalue weighted by Gasteiger charge is 2.45. The summed E-state index contributed by atoms with van der Waals surface area (Å²) >= 11 is 3.45. The maximum absolute atomic E-state index is 11.8. The number of hydrogen-bond acceptors (Lipinski definition) is 3. The SMILES string of the molecule is CC(C)(C)O[C@H]1CC(=O)C(Br)[C@@H]1c1ccco1. The van der Waals surface area contributed by atoms with Crippen molar-refractivity contribution < 1.29 is 13.9 Å². The molecule has 1 aliphatic carbocycles. The monoisotopic (exact) mass is 300 g/mol. The molecule has 1 aliphatic rings. The lowest BCUT2D eigenvalue weighted by atomic mass is 10.0. The topological polar surface area (TPSA) is 39.4 Å². The number of alkyl halides is 1. The molecule has 1 aromatic heterocycles. The summed E-state index contributed by atoms with van der Waals surface area (Å²) in [4.78, 5) is 11.6. The van der Waals surface area contributed by atoms with Crippen LogP contribution in [0.15, 0.2) is 22.8 Å². The lowest BCUT2D eigenvalue weighted by molar-refractivity contribution is -0.119. The highest BCUT2D eigenvalue weighted by molar-refractivity contribution is 9.10. The number of carbonyl (C=O) groups excluding carboxylic acids is 1. The van der Waals surface area contributed by atoms with Gasteiger partial charge in [0, 0.05) is 6.42 Å². The minimum atomic E-state index is -0.257. The van der Waals surface area contributed by atoms with Crippen LogP contribution in [0, 0.1) is 0 Å². The van der Waals surface area contributed by atoms with Crippen LogP contribution in [0.2, 0.25) is 0 Å². The van der Waals surface area contributed by atoms with Crippen molar-refractivity contribution in [3.8, 4) is 0 Å². The Morgan fingerprint density at radius 1 is 1.47 bits per heavy atom. The highest BCUT2D eigenvalue weighted by Crippen LogP contribution is 2.40. The highest BCUT2D eigenvalue weighted by atomic mass is 79.9. The van der Waals surface area contributed by atoms with Gasteiger partial charge < -0.3 is 9.15 Å². The third kappa shape index (κ3) is 2.80. The first-order valence-corrected chi connectivity index (χ1v) is 6.68. The molecule has 0 saturated heterocycles. The Hall–Kier alpha value is -0.610. The van der Waals surface area contributed by atoms with E-state index in [4.69, 9.17) is 9.15 Å². The summed E-state index contributed by atoms with van der Waals surface area (Å²) in [7, 11) is 0. The Morgan fingerprint density at radius 2 is 2.18 bits per heavy atom. The van der Waals surface area contributed by atoms with Crippen LogP contribution >= 0.6 is 15.9 Å². The molecule has 1 fully saturated rings. The van der Waals surface area contributed by atoms with E-state index in [1.807, 2.05) is 32.9 Å². The zero-order chi connectivity index (χ0) is 12.6. The smallest absolute Gasteiger partial charge is 0.149 e. The maximum Gasteiger partial charge on any atom is 0.149 e. The van der Waals surface area contributed by atoms with Gasteiger partial charge in [-0.1, -0.05) is 15.9 Å². The second kappa shape index (κ2) is 4.58. The summed E-state index contributed by atoms with van der Waals surface area (Å²) < 4.78 is 11.4. The van der Waals surface area contributed by atoms with Crippen LogP contribution in [0.3, 0.4) is 0 Å². The van der Waals surface area contributed by atoms with E-state index in [1.165, 1.54) is 0 Å². The van der Waals surface area contributed by atoms with Crippen LogP contribution in [0.4, 0.5) is 0 Å². The number of Topliss-reactive ketones (excluding diaryl/α,β-unsaturated/α-hetero) is 1. The van der Waals surface area contributed by atoms with Gasteiger partial charge in [-0.05, 0) is 32.9 Å². The van der Waals surface area contributed by atoms with Crippen molar-refractivity contribution in [3.05, 3.63) is 24.2 Å². The molecule has 0 amide bonds. The van der Waals surface area contributed by atoms with Gasteiger partial charge in [-0.3, -0.25) is 4.79 Å². The molecule has 0 aliphatic heterocycles. The first kappa shape index (κ1) is 12.8. The van der Waals surface area contributed by atoms with Crippen molar-refractivity contribution in [1.29, 1.82) is 0 Å². The van der Waals surface area contributed by atoms with Crippen molar-refractivity contribution >= 4 is 21.7 Å². The largest absolute Gasteiger partial charge is 0.469 e. The molecule has 0 spiro atoms. The van der Waals surface area contributed by atoms with Gasteiger partial charge in [-0.15, -0.1) is 0 Å². The van der Waals surface area contributed by atoms with Crippen molar-refractivity contribution in [2.24, 2.45) is 0 Å². The number of carbonyl (C=O) groups is 1. The van der Waals surface area contributed by atoms with E-state index in [-0.39, 0.29) is 28.2 Å².